The lowest BCUT2D eigenvalue weighted by molar-refractivity contribution is 0.0982. The molecule has 2 aromatic rings. The Morgan fingerprint density at radius 3 is 2.08 bits per heavy atom. The Balaban J connectivity index is 1.88. The standard InChI is InChI=1S/C19H16ClNO3/c1-11(2)24-13-9-7-12(8-10-13)21-17-16(20)18(22)14-5-3-4-6-15(14)19(17)23/h3-11,21H,1-2H3. The van der Waals surface area contributed by atoms with E-state index in [1.54, 1.807) is 48.5 Å². The van der Waals surface area contributed by atoms with E-state index in [0.29, 0.717) is 16.8 Å². The zero-order chi connectivity index (χ0) is 17.3. The fourth-order valence-corrected chi connectivity index (χ4v) is 2.73. The van der Waals surface area contributed by atoms with Gasteiger partial charge in [0.1, 0.15) is 16.5 Å². The molecule has 0 atom stereocenters. The van der Waals surface area contributed by atoms with Crippen LogP contribution in [0.15, 0.2) is 59.3 Å². The number of nitrogens with one attached hydrogen (secondary N) is 1. The van der Waals surface area contributed by atoms with Crippen LogP contribution < -0.4 is 10.1 Å². The first-order valence-electron chi connectivity index (χ1n) is 7.59. The van der Waals surface area contributed by atoms with Crippen LogP contribution in [-0.2, 0) is 0 Å². The van der Waals surface area contributed by atoms with Crippen molar-refractivity contribution in [1.82, 2.24) is 0 Å². The summed E-state index contributed by atoms with van der Waals surface area (Å²) >= 11 is 6.13. The summed E-state index contributed by atoms with van der Waals surface area (Å²) in [6.45, 7) is 3.89. The summed E-state index contributed by atoms with van der Waals surface area (Å²) in [6.07, 6.45) is 0.0787. The molecule has 1 aliphatic carbocycles. The van der Waals surface area contributed by atoms with Gasteiger partial charge in [-0.15, -0.1) is 0 Å². The summed E-state index contributed by atoms with van der Waals surface area (Å²) in [6, 6.07) is 13.8. The number of Topliss-reactive ketones (excluding diaryl/α,β-unsaturated/α-hetero) is 2. The summed E-state index contributed by atoms with van der Waals surface area (Å²) in [5.41, 5.74) is 1.44. The van der Waals surface area contributed by atoms with Gasteiger partial charge in [-0.05, 0) is 38.1 Å². The first kappa shape index (κ1) is 16.3. The van der Waals surface area contributed by atoms with Crippen molar-refractivity contribution in [2.24, 2.45) is 0 Å². The van der Waals surface area contributed by atoms with Crippen LogP contribution >= 0.6 is 11.6 Å². The molecule has 0 aliphatic heterocycles. The number of hydrogen-bond donors (Lipinski definition) is 1. The van der Waals surface area contributed by atoms with Gasteiger partial charge in [0.2, 0.25) is 11.6 Å². The Labute approximate surface area is 145 Å². The molecule has 4 nitrogen and oxygen atoms in total. The highest BCUT2D eigenvalue weighted by Crippen LogP contribution is 2.29. The Hall–Kier alpha value is -2.59. The SMILES string of the molecule is CC(C)Oc1ccc(NC2=C(Cl)C(=O)c3ccccc3C2=O)cc1. The first-order valence-corrected chi connectivity index (χ1v) is 7.97. The smallest absolute Gasteiger partial charge is 0.211 e. The number of halogens is 1. The van der Waals surface area contributed by atoms with Gasteiger partial charge >= 0.3 is 0 Å². The molecule has 3 rings (SSSR count). The number of carbonyl (C=O) groups is 2. The topological polar surface area (TPSA) is 55.4 Å². The van der Waals surface area contributed by atoms with E-state index in [1.165, 1.54) is 0 Å². The summed E-state index contributed by atoms with van der Waals surface area (Å²) < 4.78 is 5.58. The molecule has 0 unspecified atom stereocenters. The van der Waals surface area contributed by atoms with Crippen LogP contribution in [0.2, 0.25) is 0 Å². The Morgan fingerprint density at radius 1 is 0.917 bits per heavy atom. The normalized spacial score (nSPS) is 14.0. The van der Waals surface area contributed by atoms with E-state index in [-0.39, 0.29) is 28.4 Å². The van der Waals surface area contributed by atoms with Crippen molar-refractivity contribution in [1.29, 1.82) is 0 Å². The minimum atomic E-state index is -0.353. The molecule has 0 spiro atoms. The van der Waals surface area contributed by atoms with E-state index in [2.05, 4.69) is 5.32 Å². The van der Waals surface area contributed by atoms with E-state index in [9.17, 15) is 9.59 Å². The molecule has 122 valence electrons. The van der Waals surface area contributed by atoms with Crippen molar-refractivity contribution in [2.75, 3.05) is 5.32 Å². The van der Waals surface area contributed by atoms with E-state index in [4.69, 9.17) is 16.3 Å². The van der Waals surface area contributed by atoms with Gasteiger partial charge in [0.05, 0.1) is 6.10 Å². The lowest BCUT2D eigenvalue weighted by atomic mass is 9.92. The molecule has 24 heavy (non-hydrogen) atoms. The minimum absolute atomic E-state index is 0.0787. The third-order valence-corrected chi connectivity index (χ3v) is 3.92. The van der Waals surface area contributed by atoms with E-state index in [1.807, 2.05) is 13.8 Å². The fourth-order valence-electron chi connectivity index (χ4n) is 2.49. The number of ether oxygens (including phenoxy) is 1. The number of anilines is 1. The largest absolute Gasteiger partial charge is 0.491 e. The van der Waals surface area contributed by atoms with Crippen LogP contribution in [0.4, 0.5) is 5.69 Å². The van der Waals surface area contributed by atoms with E-state index in [0.717, 1.165) is 5.75 Å². The Morgan fingerprint density at radius 2 is 1.50 bits per heavy atom. The van der Waals surface area contributed by atoms with Gasteiger partial charge in [-0.3, -0.25) is 9.59 Å². The third-order valence-electron chi connectivity index (χ3n) is 3.56. The van der Waals surface area contributed by atoms with E-state index < -0.39 is 0 Å². The van der Waals surface area contributed by atoms with Crippen LogP contribution in [0.5, 0.6) is 5.75 Å². The van der Waals surface area contributed by atoms with Gasteiger partial charge in [-0.1, -0.05) is 35.9 Å². The van der Waals surface area contributed by atoms with Crippen LogP contribution in [0, 0.1) is 0 Å². The number of hydrogen-bond acceptors (Lipinski definition) is 4. The molecule has 1 N–H and O–H groups in total. The molecule has 0 radical (unpaired) electrons. The zero-order valence-corrected chi connectivity index (χ0v) is 14.1. The maximum absolute atomic E-state index is 12.6. The predicted molar refractivity (Wildman–Crippen MR) is 93.8 cm³/mol. The van der Waals surface area contributed by atoms with Crippen molar-refractivity contribution in [3.8, 4) is 5.75 Å². The zero-order valence-electron chi connectivity index (χ0n) is 13.3. The molecule has 0 heterocycles. The fraction of sp³-hybridized carbons (Fsp3) is 0.158. The van der Waals surface area contributed by atoms with Gasteiger partial charge in [0.25, 0.3) is 0 Å². The van der Waals surface area contributed by atoms with Crippen molar-refractivity contribution < 1.29 is 14.3 Å². The number of fused-ring (bicyclic) bond motifs is 1. The minimum Gasteiger partial charge on any atom is -0.491 e. The van der Waals surface area contributed by atoms with Gasteiger partial charge < -0.3 is 10.1 Å². The molecule has 0 bridgehead atoms. The maximum atomic E-state index is 12.6. The molecule has 0 amide bonds. The van der Waals surface area contributed by atoms with Gasteiger partial charge in [0.15, 0.2) is 0 Å². The van der Waals surface area contributed by atoms with Crippen molar-refractivity contribution in [2.45, 2.75) is 20.0 Å². The monoisotopic (exact) mass is 341 g/mol. The second-order valence-electron chi connectivity index (χ2n) is 5.71. The first-order chi connectivity index (χ1) is 11.5. The second kappa shape index (κ2) is 6.49. The molecule has 2 aromatic carbocycles. The Kier molecular flexibility index (Phi) is 4.40. The molecular formula is C19H16ClNO3. The van der Waals surface area contributed by atoms with Gasteiger partial charge in [-0.2, -0.15) is 0 Å². The maximum Gasteiger partial charge on any atom is 0.211 e. The molecule has 0 saturated carbocycles. The van der Waals surface area contributed by atoms with Crippen LogP contribution in [0.1, 0.15) is 34.6 Å². The lowest BCUT2D eigenvalue weighted by Gasteiger charge is -2.19. The van der Waals surface area contributed by atoms with Gasteiger partial charge in [-0.25, -0.2) is 0 Å². The number of rotatable bonds is 4. The molecular weight excluding hydrogens is 326 g/mol. The number of carbonyl (C=O) groups excluding carboxylic acids is 2. The second-order valence-corrected chi connectivity index (χ2v) is 6.09. The molecule has 0 saturated heterocycles. The van der Waals surface area contributed by atoms with E-state index >= 15 is 0 Å². The summed E-state index contributed by atoms with van der Waals surface area (Å²) in [7, 11) is 0. The van der Waals surface area contributed by atoms with Crippen LogP contribution in [0.25, 0.3) is 0 Å². The van der Waals surface area contributed by atoms with Crippen molar-refractivity contribution in [3.63, 3.8) is 0 Å². The summed E-state index contributed by atoms with van der Waals surface area (Å²) in [5, 5.41) is 2.86. The van der Waals surface area contributed by atoms with Crippen LogP contribution in [0.3, 0.4) is 0 Å². The third kappa shape index (κ3) is 3.05. The van der Waals surface area contributed by atoms with Crippen molar-refractivity contribution >= 4 is 28.9 Å². The number of benzene rings is 2. The van der Waals surface area contributed by atoms with Crippen molar-refractivity contribution in [3.05, 3.63) is 70.4 Å². The number of ketones is 2. The molecule has 1 aliphatic rings. The van der Waals surface area contributed by atoms with Gasteiger partial charge in [0, 0.05) is 16.8 Å². The molecule has 5 heteroatoms. The quantitative estimate of drug-likeness (QED) is 0.894. The van der Waals surface area contributed by atoms with Crippen LogP contribution in [-0.4, -0.2) is 17.7 Å². The lowest BCUT2D eigenvalue weighted by Crippen LogP contribution is -2.24. The predicted octanol–water partition coefficient (Wildman–Crippen LogP) is 4.42. The highest BCUT2D eigenvalue weighted by molar-refractivity contribution is 6.50. The highest BCUT2D eigenvalue weighted by Gasteiger charge is 2.31. The Bertz CT molecular complexity index is 838. The molecule has 0 fully saturated rings. The number of allylic oxidation sites excluding steroid dienone is 2. The average molecular weight is 342 g/mol. The highest BCUT2D eigenvalue weighted by atomic mass is 35.5. The molecule has 0 aromatic heterocycles. The summed E-state index contributed by atoms with van der Waals surface area (Å²) in [5.74, 6) is 0.0823. The average Bonchev–Trinajstić information content (AvgIpc) is 2.58. The summed E-state index contributed by atoms with van der Waals surface area (Å²) in [4.78, 5) is 24.9.